The van der Waals surface area contributed by atoms with Gasteiger partial charge in [-0.15, -0.1) is 0 Å². The summed E-state index contributed by atoms with van der Waals surface area (Å²) in [5.41, 5.74) is 1.09. The van der Waals surface area contributed by atoms with Crippen LogP contribution < -0.4 is 9.74 Å². The minimum absolute atomic E-state index is 0.166. The van der Waals surface area contributed by atoms with Gasteiger partial charge >= 0.3 is 5.97 Å². The summed E-state index contributed by atoms with van der Waals surface area (Å²) in [4.78, 5) is 11.6. The number of hydrogen-bond acceptors (Lipinski definition) is 4. The number of esters is 1. The average Bonchev–Trinajstić information content (AvgIpc) is 2.43. The molecule has 0 aromatic heterocycles. The summed E-state index contributed by atoms with van der Waals surface area (Å²) in [6.07, 6.45) is 0. The molecule has 23 heavy (non-hydrogen) atoms. The van der Waals surface area contributed by atoms with Gasteiger partial charge in [0.25, 0.3) is 0 Å². The standard InChI is InChI=1S/C18H31NO3Si/c1-8-21-17(20)14(2)19-13-15-10-9-11-16(12-15)22-23(6,7)18(3,4)5/h9-12,14,19H,8,13H2,1-7H3/t14-/m0/s1. The van der Waals surface area contributed by atoms with Gasteiger partial charge < -0.3 is 14.5 Å². The Balaban J connectivity index is 2.69. The molecule has 4 nitrogen and oxygen atoms in total. The van der Waals surface area contributed by atoms with Crippen LogP contribution in [0.1, 0.15) is 40.2 Å². The van der Waals surface area contributed by atoms with Crippen molar-refractivity contribution in [1.29, 1.82) is 0 Å². The minimum atomic E-state index is -1.84. The van der Waals surface area contributed by atoms with Gasteiger partial charge in [-0.2, -0.15) is 0 Å². The van der Waals surface area contributed by atoms with Gasteiger partial charge in [0.15, 0.2) is 0 Å². The molecule has 0 spiro atoms. The van der Waals surface area contributed by atoms with E-state index in [1.165, 1.54) is 0 Å². The molecule has 0 fully saturated rings. The molecule has 1 aromatic carbocycles. The normalized spacial score (nSPS) is 13.5. The van der Waals surface area contributed by atoms with Crippen LogP contribution in [0.3, 0.4) is 0 Å². The Labute approximate surface area is 141 Å². The van der Waals surface area contributed by atoms with Crippen molar-refractivity contribution in [1.82, 2.24) is 5.32 Å². The third-order valence-corrected chi connectivity index (χ3v) is 8.69. The number of benzene rings is 1. The molecular weight excluding hydrogens is 306 g/mol. The van der Waals surface area contributed by atoms with Crippen molar-refractivity contribution >= 4 is 14.3 Å². The minimum Gasteiger partial charge on any atom is -0.543 e. The highest BCUT2D eigenvalue weighted by Gasteiger charge is 2.38. The summed E-state index contributed by atoms with van der Waals surface area (Å²) in [5, 5.41) is 3.35. The number of nitrogens with one attached hydrogen (secondary N) is 1. The molecule has 1 N–H and O–H groups in total. The molecule has 5 heteroatoms. The Kier molecular flexibility index (Phi) is 6.83. The summed E-state index contributed by atoms with van der Waals surface area (Å²) in [5.74, 6) is 0.681. The van der Waals surface area contributed by atoms with Gasteiger partial charge in [-0.3, -0.25) is 4.79 Å². The summed E-state index contributed by atoms with van der Waals surface area (Å²) >= 11 is 0. The average molecular weight is 338 g/mol. The second-order valence-corrected chi connectivity index (χ2v) is 12.1. The number of ether oxygens (including phenoxy) is 1. The van der Waals surface area contributed by atoms with Gasteiger partial charge in [0.2, 0.25) is 8.32 Å². The monoisotopic (exact) mass is 337 g/mol. The Morgan fingerprint density at radius 1 is 1.30 bits per heavy atom. The van der Waals surface area contributed by atoms with Crippen LogP contribution in [0.25, 0.3) is 0 Å². The molecule has 0 radical (unpaired) electrons. The molecule has 1 atom stereocenters. The first-order chi connectivity index (χ1) is 10.6. The van der Waals surface area contributed by atoms with E-state index in [0.29, 0.717) is 13.2 Å². The van der Waals surface area contributed by atoms with Crippen LogP contribution in [0.2, 0.25) is 18.1 Å². The number of carbonyl (C=O) groups excluding carboxylic acids is 1. The summed E-state index contributed by atoms with van der Waals surface area (Å²) in [6.45, 7) is 15.8. The van der Waals surface area contributed by atoms with Crippen molar-refractivity contribution < 1.29 is 14.0 Å². The van der Waals surface area contributed by atoms with Crippen LogP contribution in [0, 0.1) is 0 Å². The lowest BCUT2D eigenvalue weighted by Gasteiger charge is -2.36. The SMILES string of the molecule is CCOC(=O)[C@H](C)NCc1cccc(O[Si](C)(C)C(C)(C)C)c1. The van der Waals surface area contributed by atoms with E-state index in [1.54, 1.807) is 0 Å². The second-order valence-electron chi connectivity index (χ2n) is 7.36. The van der Waals surface area contributed by atoms with Crippen LogP contribution in [0.15, 0.2) is 24.3 Å². The van der Waals surface area contributed by atoms with Gasteiger partial charge in [-0.1, -0.05) is 32.9 Å². The largest absolute Gasteiger partial charge is 0.543 e. The fraction of sp³-hybridized carbons (Fsp3) is 0.611. The molecule has 1 rings (SSSR count). The molecule has 0 saturated heterocycles. The van der Waals surface area contributed by atoms with Gasteiger partial charge in [0.05, 0.1) is 6.61 Å². The van der Waals surface area contributed by atoms with Crippen molar-refractivity contribution in [3.8, 4) is 5.75 Å². The van der Waals surface area contributed by atoms with E-state index in [9.17, 15) is 4.79 Å². The highest BCUT2D eigenvalue weighted by Crippen LogP contribution is 2.37. The summed E-state index contributed by atoms with van der Waals surface area (Å²) in [6, 6.07) is 7.75. The molecule has 0 aliphatic heterocycles. The summed E-state index contributed by atoms with van der Waals surface area (Å²) < 4.78 is 11.3. The maximum atomic E-state index is 11.6. The maximum absolute atomic E-state index is 11.6. The third kappa shape index (κ3) is 5.99. The quantitative estimate of drug-likeness (QED) is 0.601. The van der Waals surface area contributed by atoms with E-state index < -0.39 is 8.32 Å². The van der Waals surface area contributed by atoms with E-state index in [4.69, 9.17) is 9.16 Å². The number of hydrogen-bond donors (Lipinski definition) is 1. The predicted octanol–water partition coefficient (Wildman–Crippen LogP) is 4.11. The fourth-order valence-corrected chi connectivity index (χ4v) is 2.81. The molecule has 1 aromatic rings. The van der Waals surface area contributed by atoms with Gasteiger partial charge in [0, 0.05) is 6.54 Å². The maximum Gasteiger partial charge on any atom is 0.322 e. The van der Waals surface area contributed by atoms with Crippen LogP contribution in [-0.4, -0.2) is 26.9 Å². The van der Waals surface area contributed by atoms with E-state index >= 15 is 0 Å². The predicted molar refractivity (Wildman–Crippen MR) is 97.2 cm³/mol. The van der Waals surface area contributed by atoms with Crippen molar-refractivity contribution in [2.75, 3.05) is 6.61 Å². The first kappa shape index (κ1) is 19.7. The second kappa shape index (κ2) is 7.97. The van der Waals surface area contributed by atoms with Crippen LogP contribution >= 0.6 is 0 Å². The lowest BCUT2D eigenvalue weighted by Crippen LogP contribution is -2.43. The van der Waals surface area contributed by atoms with Gasteiger partial charge in [-0.25, -0.2) is 0 Å². The molecule has 130 valence electrons. The van der Waals surface area contributed by atoms with Gasteiger partial charge in [0.1, 0.15) is 11.8 Å². The zero-order valence-electron chi connectivity index (χ0n) is 15.5. The van der Waals surface area contributed by atoms with Crippen molar-refractivity contribution in [2.45, 2.75) is 65.3 Å². The van der Waals surface area contributed by atoms with E-state index in [2.05, 4.69) is 39.2 Å². The molecule has 0 heterocycles. The lowest BCUT2D eigenvalue weighted by molar-refractivity contribution is -0.145. The highest BCUT2D eigenvalue weighted by atomic mass is 28.4. The molecule has 0 bridgehead atoms. The Morgan fingerprint density at radius 2 is 1.96 bits per heavy atom. The molecular formula is C18H31NO3Si. The first-order valence-electron chi connectivity index (χ1n) is 8.25. The van der Waals surface area contributed by atoms with Crippen molar-refractivity contribution in [3.05, 3.63) is 29.8 Å². The molecule has 0 unspecified atom stereocenters. The third-order valence-electron chi connectivity index (χ3n) is 4.33. The molecule has 0 amide bonds. The lowest BCUT2D eigenvalue weighted by atomic mass is 10.2. The van der Waals surface area contributed by atoms with Gasteiger partial charge in [-0.05, 0) is 49.7 Å². The Bertz CT molecular complexity index is 523. The van der Waals surface area contributed by atoms with Crippen molar-refractivity contribution in [3.63, 3.8) is 0 Å². The smallest absolute Gasteiger partial charge is 0.322 e. The fourth-order valence-electron chi connectivity index (χ4n) is 1.79. The first-order valence-corrected chi connectivity index (χ1v) is 11.2. The molecule has 0 aliphatic carbocycles. The van der Waals surface area contributed by atoms with E-state index in [-0.39, 0.29) is 17.0 Å². The Morgan fingerprint density at radius 3 is 2.52 bits per heavy atom. The van der Waals surface area contributed by atoms with Crippen molar-refractivity contribution in [2.24, 2.45) is 0 Å². The highest BCUT2D eigenvalue weighted by molar-refractivity contribution is 6.74. The van der Waals surface area contributed by atoms with E-state index in [1.807, 2.05) is 38.1 Å². The zero-order valence-corrected chi connectivity index (χ0v) is 16.5. The Hall–Kier alpha value is -1.33. The van der Waals surface area contributed by atoms with Crippen LogP contribution in [-0.2, 0) is 16.1 Å². The zero-order chi connectivity index (χ0) is 17.7. The number of rotatable bonds is 7. The van der Waals surface area contributed by atoms with E-state index in [0.717, 1.165) is 11.3 Å². The topological polar surface area (TPSA) is 47.6 Å². The number of carbonyl (C=O) groups is 1. The summed E-state index contributed by atoms with van der Waals surface area (Å²) in [7, 11) is -1.84. The molecule has 0 aliphatic rings. The van der Waals surface area contributed by atoms with Crippen LogP contribution in [0.4, 0.5) is 0 Å². The van der Waals surface area contributed by atoms with Crippen LogP contribution in [0.5, 0.6) is 5.75 Å². The molecule has 0 saturated carbocycles.